The maximum atomic E-state index is 12.8. The van der Waals surface area contributed by atoms with Gasteiger partial charge in [0, 0.05) is 24.7 Å². The molecule has 0 aliphatic carbocycles. The molecule has 15 nitrogen and oxygen atoms in total. The van der Waals surface area contributed by atoms with Crippen molar-refractivity contribution in [3.8, 4) is 0 Å². The number of primary amides is 2. The van der Waals surface area contributed by atoms with E-state index in [1.54, 1.807) is 0 Å². The lowest BCUT2D eigenvalue weighted by molar-refractivity contribution is -0.142. The lowest BCUT2D eigenvalue weighted by Gasteiger charge is -2.24. The molecule has 1 aromatic rings. The van der Waals surface area contributed by atoms with E-state index in [4.69, 9.17) is 22.3 Å². The molecular weight excluding hydrogens is 440 g/mol. The predicted octanol–water partition coefficient (Wildman–Crippen LogP) is -4.02. The topological polar surface area (TPSA) is 265 Å². The zero-order valence-electron chi connectivity index (χ0n) is 17.9. The van der Waals surface area contributed by atoms with Crippen LogP contribution in [0.2, 0.25) is 0 Å². The van der Waals surface area contributed by atoms with Crippen LogP contribution >= 0.6 is 0 Å². The number of imidazole rings is 1. The summed E-state index contributed by atoms with van der Waals surface area (Å²) in [7, 11) is 0. The number of aromatic nitrogens is 2. The van der Waals surface area contributed by atoms with Gasteiger partial charge in [-0.3, -0.25) is 28.8 Å². The van der Waals surface area contributed by atoms with Crippen molar-refractivity contribution >= 4 is 35.5 Å². The van der Waals surface area contributed by atoms with Crippen LogP contribution < -0.4 is 33.2 Å². The molecule has 0 radical (unpaired) electrons. The zero-order chi connectivity index (χ0) is 25.1. The molecule has 33 heavy (non-hydrogen) atoms. The van der Waals surface area contributed by atoms with Crippen LogP contribution in [0.3, 0.4) is 0 Å². The number of hydrogen-bond donors (Lipinski definition) is 8. The largest absolute Gasteiger partial charge is 0.480 e. The van der Waals surface area contributed by atoms with Crippen molar-refractivity contribution in [2.24, 2.45) is 17.2 Å². The van der Waals surface area contributed by atoms with Gasteiger partial charge in [-0.25, -0.2) is 4.98 Å². The molecule has 0 saturated carbocycles. The average molecular weight is 468 g/mol. The van der Waals surface area contributed by atoms with Crippen LogP contribution in [0.1, 0.15) is 31.9 Å². The molecule has 0 bridgehead atoms. The van der Waals surface area contributed by atoms with Crippen LogP contribution in [0.15, 0.2) is 12.5 Å². The highest BCUT2D eigenvalue weighted by Gasteiger charge is 2.30. The van der Waals surface area contributed by atoms with Crippen LogP contribution in [0.25, 0.3) is 0 Å². The predicted molar refractivity (Wildman–Crippen MR) is 112 cm³/mol. The second-order valence-corrected chi connectivity index (χ2v) is 7.25. The van der Waals surface area contributed by atoms with Gasteiger partial charge in [-0.05, 0) is 13.3 Å². The number of nitrogens with one attached hydrogen (secondary N) is 4. The second kappa shape index (κ2) is 12.7. The van der Waals surface area contributed by atoms with Gasteiger partial charge in [0.2, 0.25) is 29.5 Å². The summed E-state index contributed by atoms with van der Waals surface area (Å²) in [5, 5.41) is 15.9. The van der Waals surface area contributed by atoms with E-state index in [9.17, 15) is 28.8 Å². The summed E-state index contributed by atoms with van der Waals surface area (Å²) in [5.41, 5.74) is 16.3. The fourth-order valence-corrected chi connectivity index (χ4v) is 2.59. The van der Waals surface area contributed by atoms with Crippen LogP contribution in [0.5, 0.6) is 0 Å². The van der Waals surface area contributed by atoms with E-state index in [0.717, 1.165) is 0 Å². The second-order valence-electron chi connectivity index (χ2n) is 7.25. The minimum Gasteiger partial charge on any atom is -0.480 e. The van der Waals surface area contributed by atoms with E-state index < -0.39 is 66.1 Å². The Morgan fingerprint density at radius 2 is 1.61 bits per heavy atom. The van der Waals surface area contributed by atoms with Crippen molar-refractivity contribution in [2.75, 3.05) is 0 Å². The van der Waals surface area contributed by atoms with Crippen molar-refractivity contribution < 1.29 is 33.9 Å². The Bertz CT molecular complexity index is 873. The Kier molecular flexibility index (Phi) is 10.4. The number of nitrogens with two attached hydrogens (primary N) is 3. The quantitative estimate of drug-likeness (QED) is 0.132. The van der Waals surface area contributed by atoms with E-state index in [2.05, 4.69) is 25.9 Å². The third-order valence-corrected chi connectivity index (χ3v) is 4.42. The molecule has 0 spiro atoms. The number of carbonyl (C=O) groups is 6. The van der Waals surface area contributed by atoms with Crippen LogP contribution in [0.4, 0.5) is 0 Å². The third kappa shape index (κ3) is 9.77. The van der Waals surface area contributed by atoms with Crippen molar-refractivity contribution in [1.29, 1.82) is 0 Å². The molecular formula is C18H28N8O7. The van der Waals surface area contributed by atoms with Crippen molar-refractivity contribution in [3.63, 3.8) is 0 Å². The fourth-order valence-electron chi connectivity index (χ4n) is 2.59. The summed E-state index contributed by atoms with van der Waals surface area (Å²) >= 11 is 0. The highest BCUT2D eigenvalue weighted by Crippen LogP contribution is 2.03. The van der Waals surface area contributed by atoms with Gasteiger partial charge in [0.15, 0.2) is 0 Å². The highest BCUT2D eigenvalue weighted by atomic mass is 16.4. The van der Waals surface area contributed by atoms with Crippen LogP contribution in [0, 0.1) is 0 Å². The molecule has 182 valence electrons. The summed E-state index contributed by atoms with van der Waals surface area (Å²) < 4.78 is 0. The molecule has 11 N–H and O–H groups in total. The first-order chi connectivity index (χ1) is 15.4. The lowest BCUT2D eigenvalue weighted by Crippen LogP contribution is -2.58. The molecule has 1 rings (SSSR count). The fraction of sp³-hybridized carbons (Fsp3) is 0.500. The van der Waals surface area contributed by atoms with E-state index in [0.29, 0.717) is 5.69 Å². The molecule has 5 amide bonds. The zero-order valence-corrected chi connectivity index (χ0v) is 17.9. The molecule has 1 heterocycles. The number of nitrogens with zero attached hydrogens (tertiary/aromatic N) is 1. The molecule has 4 unspecified atom stereocenters. The van der Waals surface area contributed by atoms with Crippen molar-refractivity contribution in [1.82, 2.24) is 25.9 Å². The number of carboxylic acid groups (broad SMARTS) is 1. The van der Waals surface area contributed by atoms with E-state index in [1.165, 1.54) is 19.4 Å². The van der Waals surface area contributed by atoms with Gasteiger partial charge in [-0.15, -0.1) is 0 Å². The Morgan fingerprint density at radius 1 is 1.00 bits per heavy atom. The molecule has 0 aliphatic rings. The van der Waals surface area contributed by atoms with Crippen molar-refractivity contribution in [3.05, 3.63) is 18.2 Å². The first-order valence-corrected chi connectivity index (χ1v) is 9.84. The molecule has 15 heteroatoms. The summed E-state index contributed by atoms with van der Waals surface area (Å²) in [4.78, 5) is 77.5. The van der Waals surface area contributed by atoms with Gasteiger partial charge >= 0.3 is 5.97 Å². The third-order valence-electron chi connectivity index (χ3n) is 4.42. The monoisotopic (exact) mass is 468 g/mol. The Balaban J connectivity index is 2.97. The van der Waals surface area contributed by atoms with Crippen LogP contribution in [-0.2, 0) is 35.2 Å². The summed E-state index contributed by atoms with van der Waals surface area (Å²) in [6.07, 6.45) is 1.77. The smallest absolute Gasteiger partial charge is 0.325 e. The number of H-pyrrole nitrogens is 1. The number of amides is 5. The van der Waals surface area contributed by atoms with Gasteiger partial charge in [0.05, 0.1) is 18.8 Å². The molecule has 0 aromatic carbocycles. The Labute approximate surface area is 188 Å². The first-order valence-electron chi connectivity index (χ1n) is 9.84. The maximum absolute atomic E-state index is 12.8. The SMILES string of the molecule is CC(NC(=O)C(Cc1cnc[nH]1)NC(=O)C(CC(N)=O)NC(=O)C(N)CCC(N)=O)C(=O)O. The lowest BCUT2D eigenvalue weighted by atomic mass is 10.1. The number of aromatic amines is 1. The number of carboxylic acids is 1. The normalized spacial score (nSPS) is 14.2. The Hall–Kier alpha value is -4.01. The minimum atomic E-state index is -1.48. The van der Waals surface area contributed by atoms with E-state index in [-0.39, 0.29) is 19.3 Å². The molecule has 0 fully saturated rings. The highest BCUT2D eigenvalue weighted by molar-refractivity contribution is 5.96. The summed E-state index contributed by atoms with van der Waals surface area (Å²) in [6.45, 7) is 1.24. The first kappa shape index (κ1) is 27.0. The molecule has 0 saturated heterocycles. The molecule has 1 aromatic heterocycles. The number of carbonyl (C=O) groups excluding carboxylic acids is 5. The average Bonchev–Trinajstić information content (AvgIpc) is 3.23. The number of aliphatic carboxylic acids is 1. The van der Waals surface area contributed by atoms with Gasteiger partial charge in [0.1, 0.15) is 18.1 Å². The molecule has 4 atom stereocenters. The van der Waals surface area contributed by atoms with Gasteiger partial charge in [-0.1, -0.05) is 0 Å². The minimum absolute atomic E-state index is 0.0932. The number of rotatable bonds is 14. The van der Waals surface area contributed by atoms with Gasteiger partial charge < -0.3 is 43.2 Å². The summed E-state index contributed by atoms with van der Waals surface area (Å²) in [6, 6.07) is -5.21. The van der Waals surface area contributed by atoms with E-state index in [1.807, 2.05) is 0 Å². The Morgan fingerprint density at radius 3 is 2.12 bits per heavy atom. The van der Waals surface area contributed by atoms with Gasteiger partial charge in [-0.2, -0.15) is 0 Å². The van der Waals surface area contributed by atoms with Crippen LogP contribution in [-0.4, -0.2) is 74.7 Å². The number of hydrogen-bond acceptors (Lipinski definition) is 8. The standard InChI is InChI=1S/C18H28N8O7/c1-8(18(32)33)24-16(30)11(4-9-6-22-7-23-9)26-17(31)12(5-14(21)28)25-15(29)10(19)2-3-13(20)27/h6-8,10-12H,2-5,19H2,1H3,(H2,20,27)(H2,21,28)(H,22,23)(H,24,30)(H,25,29)(H,26,31)(H,32,33). The maximum Gasteiger partial charge on any atom is 0.325 e. The van der Waals surface area contributed by atoms with Crippen molar-refractivity contribution in [2.45, 2.75) is 56.8 Å². The summed E-state index contributed by atoms with van der Waals surface area (Å²) in [5.74, 6) is -5.49. The molecule has 0 aliphatic heterocycles. The van der Waals surface area contributed by atoms with Gasteiger partial charge in [0.25, 0.3) is 0 Å². The van der Waals surface area contributed by atoms with E-state index >= 15 is 0 Å².